The Morgan fingerprint density at radius 2 is 1.81 bits per heavy atom. The number of methoxy groups -OCH3 is 1. The van der Waals surface area contributed by atoms with E-state index >= 15 is 0 Å². The summed E-state index contributed by atoms with van der Waals surface area (Å²) in [7, 11) is 1.71. The van der Waals surface area contributed by atoms with Gasteiger partial charge in [-0.3, -0.25) is 14.5 Å². The number of ether oxygens (including phenoxy) is 1. The summed E-state index contributed by atoms with van der Waals surface area (Å²) in [4.78, 5) is 27.2. The van der Waals surface area contributed by atoms with Crippen LogP contribution in [0.2, 0.25) is 0 Å². The van der Waals surface area contributed by atoms with Gasteiger partial charge in [0.2, 0.25) is 11.8 Å². The number of rotatable bonds is 8. The van der Waals surface area contributed by atoms with E-state index in [2.05, 4.69) is 21.6 Å². The Bertz CT molecular complexity index is 880. The Labute approximate surface area is 188 Å². The summed E-state index contributed by atoms with van der Waals surface area (Å²) in [5.41, 5.74) is 1.95. The maximum Gasteiger partial charge on any atom is 0.233 e. The van der Waals surface area contributed by atoms with E-state index in [4.69, 9.17) is 4.74 Å². The van der Waals surface area contributed by atoms with E-state index in [9.17, 15) is 9.59 Å². The first-order valence-electron chi connectivity index (χ1n) is 10.6. The highest BCUT2D eigenvalue weighted by atomic mass is 32.2. The van der Waals surface area contributed by atoms with Gasteiger partial charge in [0, 0.05) is 48.7 Å². The van der Waals surface area contributed by atoms with Gasteiger partial charge in [0.1, 0.15) is 5.75 Å². The van der Waals surface area contributed by atoms with Crippen LogP contribution in [0, 0.1) is 0 Å². The molecule has 2 amide bonds. The van der Waals surface area contributed by atoms with E-state index in [0.29, 0.717) is 0 Å². The smallest absolute Gasteiger partial charge is 0.233 e. The number of nitrogens with one attached hydrogen (secondary N) is 2. The summed E-state index contributed by atoms with van der Waals surface area (Å²) in [5.74, 6) is 0.898. The predicted molar refractivity (Wildman–Crippen MR) is 126 cm³/mol. The zero-order valence-corrected chi connectivity index (χ0v) is 19.2. The first-order chi connectivity index (χ1) is 14.9. The van der Waals surface area contributed by atoms with Crippen LogP contribution >= 0.6 is 11.8 Å². The quantitative estimate of drug-likeness (QED) is 0.608. The zero-order chi connectivity index (χ0) is 22.2. The summed E-state index contributed by atoms with van der Waals surface area (Å²) >= 11 is 1.53. The fraction of sp³-hybridized carbons (Fsp3) is 0.417. The SMILES string of the molecule is COc1ccccc1CN1CCC(NC(=O)C(C)Sc2ccc(NC(C)=O)cc2)CC1. The molecule has 1 heterocycles. The number of carbonyl (C=O) groups is 2. The van der Waals surface area contributed by atoms with Crippen molar-refractivity contribution >= 4 is 29.3 Å². The monoisotopic (exact) mass is 441 g/mol. The number of para-hydroxylation sites is 1. The highest BCUT2D eigenvalue weighted by Gasteiger charge is 2.23. The topological polar surface area (TPSA) is 70.7 Å². The normalized spacial score (nSPS) is 15.8. The summed E-state index contributed by atoms with van der Waals surface area (Å²) in [5, 5.41) is 5.78. The largest absolute Gasteiger partial charge is 0.496 e. The van der Waals surface area contributed by atoms with Crippen LogP contribution in [0.1, 0.15) is 32.3 Å². The van der Waals surface area contributed by atoms with E-state index < -0.39 is 0 Å². The van der Waals surface area contributed by atoms with Crippen LogP contribution in [0.4, 0.5) is 5.69 Å². The van der Waals surface area contributed by atoms with Gasteiger partial charge in [-0.2, -0.15) is 0 Å². The first kappa shape index (κ1) is 23.2. The number of thioether (sulfide) groups is 1. The number of carbonyl (C=O) groups excluding carboxylic acids is 2. The Morgan fingerprint density at radius 3 is 2.45 bits per heavy atom. The lowest BCUT2D eigenvalue weighted by Crippen LogP contribution is -2.46. The molecule has 6 nitrogen and oxygen atoms in total. The first-order valence-corrected chi connectivity index (χ1v) is 11.5. The second-order valence-corrected chi connectivity index (χ2v) is 9.25. The summed E-state index contributed by atoms with van der Waals surface area (Å²) in [6.07, 6.45) is 1.90. The number of likely N-dealkylation sites (tertiary alicyclic amines) is 1. The summed E-state index contributed by atoms with van der Waals surface area (Å²) in [6.45, 7) is 6.19. The highest BCUT2D eigenvalue weighted by molar-refractivity contribution is 8.00. The average molecular weight is 442 g/mol. The number of hydrogen-bond acceptors (Lipinski definition) is 5. The van der Waals surface area contributed by atoms with Crippen molar-refractivity contribution in [2.45, 2.75) is 49.4 Å². The zero-order valence-electron chi connectivity index (χ0n) is 18.4. The summed E-state index contributed by atoms with van der Waals surface area (Å²) in [6, 6.07) is 15.9. The van der Waals surface area contributed by atoms with Crippen LogP contribution in [0.25, 0.3) is 0 Å². The Kier molecular flexibility index (Phi) is 8.37. The van der Waals surface area contributed by atoms with Gasteiger partial charge in [0.25, 0.3) is 0 Å². The van der Waals surface area contributed by atoms with Crippen molar-refractivity contribution in [3.8, 4) is 5.75 Å². The molecule has 0 bridgehead atoms. The highest BCUT2D eigenvalue weighted by Crippen LogP contribution is 2.26. The molecule has 2 aromatic carbocycles. The molecule has 1 fully saturated rings. The molecule has 2 aromatic rings. The van der Waals surface area contributed by atoms with Crippen molar-refractivity contribution in [3.05, 3.63) is 54.1 Å². The molecule has 3 rings (SSSR count). The number of amides is 2. The Hall–Kier alpha value is -2.51. The molecule has 0 saturated carbocycles. The molecule has 1 atom stereocenters. The minimum atomic E-state index is -0.182. The molecule has 1 aliphatic heterocycles. The van der Waals surface area contributed by atoms with E-state index in [1.807, 2.05) is 49.4 Å². The van der Waals surface area contributed by atoms with E-state index in [1.54, 1.807) is 7.11 Å². The minimum absolute atomic E-state index is 0.0686. The summed E-state index contributed by atoms with van der Waals surface area (Å²) < 4.78 is 5.45. The van der Waals surface area contributed by atoms with Crippen molar-refractivity contribution < 1.29 is 14.3 Å². The van der Waals surface area contributed by atoms with Crippen LogP contribution in [-0.2, 0) is 16.1 Å². The molecule has 1 unspecified atom stereocenters. The molecule has 1 saturated heterocycles. The molecular weight excluding hydrogens is 410 g/mol. The van der Waals surface area contributed by atoms with Crippen LogP contribution in [0.3, 0.4) is 0 Å². The second kappa shape index (κ2) is 11.2. The maximum absolute atomic E-state index is 12.7. The van der Waals surface area contributed by atoms with Crippen LogP contribution in [0.5, 0.6) is 5.75 Å². The maximum atomic E-state index is 12.7. The third-order valence-corrected chi connectivity index (χ3v) is 6.49. The van der Waals surface area contributed by atoms with Gasteiger partial charge in [0.05, 0.1) is 12.4 Å². The molecule has 2 N–H and O–H groups in total. The molecular formula is C24H31N3O3S. The van der Waals surface area contributed by atoms with Gasteiger partial charge in [-0.25, -0.2) is 0 Å². The van der Waals surface area contributed by atoms with E-state index in [0.717, 1.165) is 48.8 Å². The minimum Gasteiger partial charge on any atom is -0.496 e. The van der Waals surface area contributed by atoms with Crippen molar-refractivity contribution in [2.75, 3.05) is 25.5 Å². The number of benzene rings is 2. The Morgan fingerprint density at radius 1 is 1.13 bits per heavy atom. The van der Waals surface area contributed by atoms with Gasteiger partial charge < -0.3 is 15.4 Å². The molecule has 166 valence electrons. The molecule has 0 aliphatic carbocycles. The number of anilines is 1. The third kappa shape index (κ3) is 7.01. The molecule has 1 aliphatic rings. The van der Waals surface area contributed by atoms with Crippen LogP contribution in [-0.4, -0.2) is 48.2 Å². The van der Waals surface area contributed by atoms with E-state index in [-0.39, 0.29) is 23.1 Å². The van der Waals surface area contributed by atoms with Gasteiger partial charge in [-0.15, -0.1) is 11.8 Å². The number of nitrogens with zero attached hydrogens (tertiary/aromatic N) is 1. The number of hydrogen-bond donors (Lipinski definition) is 2. The van der Waals surface area contributed by atoms with Crippen molar-refractivity contribution in [2.24, 2.45) is 0 Å². The van der Waals surface area contributed by atoms with Crippen molar-refractivity contribution in [1.29, 1.82) is 0 Å². The molecule has 31 heavy (non-hydrogen) atoms. The lowest BCUT2D eigenvalue weighted by molar-refractivity contribution is -0.121. The van der Waals surface area contributed by atoms with Gasteiger partial charge in [0.15, 0.2) is 0 Å². The second-order valence-electron chi connectivity index (χ2n) is 7.84. The standard InChI is InChI=1S/C24H31N3O3S/c1-17(31-22-10-8-20(9-11-22)25-18(2)28)24(29)26-21-12-14-27(15-13-21)16-19-6-4-5-7-23(19)30-3/h4-11,17,21H,12-16H2,1-3H3,(H,25,28)(H,26,29). The molecule has 7 heteroatoms. The predicted octanol–water partition coefficient (Wildman–Crippen LogP) is 3.92. The van der Waals surface area contributed by atoms with Gasteiger partial charge in [-0.05, 0) is 50.1 Å². The van der Waals surface area contributed by atoms with Gasteiger partial charge >= 0.3 is 0 Å². The fourth-order valence-corrected chi connectivity index (χ4v) is 4.58. The molecule has 0 aromatic heterocycles. The van der Waals surface area contributed by atoms with Crippen LogP contribution in [0.15, 0.2) is 53.4 Å². The fourth-order valence-electron chi connectivity index (χ4n) is 3.71. The van der Waals surface area contributed by atoms with Crippen LogP contribution < -0.4 is 15.4 Å². The van der Waals surface area contributed by atoms with E-state index in [1.165, 1.54) is 24.2 Å². The molecule has 0 radical (unpaired) electrons. The third-order valence-electron chi connectivity index (χ3n) is 5.38. The van der Waals surface area contributed by atoms with Crippen molar-refractivity contribution in [1.82, 2.24) is 10.2 Å². The average Bonchev–Trinajstić information content (AvgIpc) is 2.76. The lowest BCUT2D eigenvalue weighted by atomic mass is 10.0. The van der Waals surface area contributed by atoms with Gasteiger partial charge in [-0.1, -0.05) is 18.2 Å². The Balaban J connectivity index is 1.43. The molecule has 0 spiro atoms. The van der Waals surface area contributed by atoms with Crippen molar-refractivity contribution in [3.63, 3.8) is 0 Å². The number of piperidine rings is 1. The lowest BCUT2D eigenvalue weighted by Gasteiger charge is -2.33.